The van der Waals surface area contributed by atoms with Crippen LogP contribution in [0.1, 0.15) is 18.4 Å². The number of likely N-dealkylation sites (N-methyl/N-ethyl adjacent to an activating group) is 1. The van der Waals surface area contributed by atoms with E-state index in [1.54, 1.807) is 0 Å². The summed E-state index contributed by atoms with van der Waals surface area (Å²) in [6.07, 6.45) is 2.36. The molecule has 19 heavy (non-hydrogen) atoms. The fourth-order valence-corrected chi connectivity index (χ4v) is 2.66. The van der Waals surface area contributed by atoms with E-state index in [0.29, 0.717) is 12.6 Å². The van der Waals surface area contributed by atoms with Gasteiger partial charge in [-0.25, -0.2) is 0 Å². The Balaban J connectivity index is 1.89. The van der Waals surface area contributed by atoms with E-state index in [9.17, 15) is 4.79 Å². The van der Waals surface area contributed by atoms with Crippen molar-refractivity contribution < 1.29 is 4.79 Å². The average molecular weight is 261 g/mol. The lowest BCUT2D eigenvalue weighted by molar-refractivity contribution is -0.117. The Morgan fingerprint density at radius 1 is 1.42 bits per heavy atom. The molecule has 4 heteroatoms. The van der Waals surface area contributed by atoms with Crippen molar-refractivity contribution in [1.82, 2.24) is 10.2 Å². The molecule has 1 saturated heterocycles. The molecule has 104 valence electrons. The van der Waals surface area contributed by atoms with E-state index < -0.39 is 0 Å². The predicted octanol–water partition coefficient (Wildman–Crippen LogP) is 1.62. The van der Waals surface area contributed by atoms with E-state index in [1.807, 2.05) is 38.2 Å². The van der Waals surface area contributed by atoms with Crippen LogP contribution < -0.4 is 10.6 Å². The van der Waals surface area contributed by atoms with Crippen LogP contribution in [0.5, 0.6) is 0 Å². The van der Waals surface area contributed by atoms with Gasteiger partial charge in [-0.1, -0.05) is 18.2 Å². The van der Waals surface area contributed by atoms with E-state index >= 15 is 0 Å². The van der Waals surface area contributed by atoms with Crippen LogP contribution >= 0.6 is 0 Å². The van der Waals surface area contributed by atoms with Gasteiger partial charge in [0.15, 0.2) is 0 Å². The summed E-state index contributed by atoms with van der Waals surface area (Å²) in [5.74, 6) is 0.0808. The number of carbonyl (C=O) groups is 1. The number of likely N-dealkylation sites (tertiary alicyclic amines) is 1. The van der Waals surface area contributed by atoms with Crippen molar-refractivity contribution in [3.05, 3.63) is 29.8 Å². The van der Waals surface area contributed by atoms with Gasteiger partial charge in [0.05, 0.1) is 6.54 Å². The van der Waals surface area contributed by atoms with Crippen molar-refractivity contribution in [2.75, 3.05) is 32.0 Å². The van der Waals surface area contributed by atoms with E-state index in [0.717, 1.165) is 24.3 Å². The number of para-hydroxylation sites is 1. The molecular formula is C15H23N3O. The van der Waals surface area contributed by atoms with Crippen molar-refractivity contribution in [3.8, 4) is 0 Å². The first kappa shape index (κ1) is 14.0. The molecular weight excluding hydrogens is 238 g/mol. The molecule has 1 aromatic rings. The highest BCUT2D eigenvalue weighted by Crippen LogP contribution is 2.17. The lowest BCUT2D eigenvalue weighted by Gasteiger charge is -2.23. The minimum Gasteiger partial charge on any atom is -0.325 e. The third-order valence-electron chi connectivity index (χ3n) is 3.70. The Bertz CT molecular complexity index is 433. The van der Waals surface area contributed by atoms with Gasteiger partial charge < -0.3 is 10.6 Å². The van der Waals surface area contributed by atoms with Crippen LogP contribution in [0.3, 0.4) is 0 Å². The van der Waals surface area contributed by atoms with E-state index in [-0.39, 0.29) is 5.91 Å². The summed E-state index contributed by atoms with van der Waals surface area (Å²) in [6.45, 7) is 4.47. The lowest BCUT2D eigenvalue weighted by Crippen LogP contribution is -2.41. The molecule has 2 N–H and O–H groups in total. The molecule has 1 fully saturated rings. The molecule has 0 radical (unpaired) electrons. The number of hydrogen-bond donors (Lipinski definition) is 2. The van der Waals surface area contributed by atoms with Crippen molar-refractivity contribution in [2.45, 2.75) is 25.8 Å². The molecule has 1 aliphatic rings. The first-order chi connectivity index (χ1) is 9.20. The maximum Gasteiger partial charge on any atom is 0.238 e. The Hall–Kier alpha value is -1.39. The average Bonchev–Trinajstić information content (AvgIpc) is 2.80. The topological polar surface area (TPSA) is 44.4 Å². The van der Waals surface area contributed by atoms with E-state index in [4.69, 9.17) is 0 Å². The summed E-state index contributed by atoms with van der Waals surface area (Å²) in [5, 5.41) is 6.20. The highest BCUT2D eigenvalue weighted by atomic mass is 16.2. The maximum absolute atomic E-state index is 12.1. The summed E-state index contributed by atoms with van der Waals surface area (Å²) < 4.78 is 0. The molecule has 1 amide bonds. The summed E-state index contributed by atoms with van der Waals surface area (Å²) in [4.78, 5) is 14.4. The first-order valence-corrected chi connectivity index (χ1v) is 6.95. The van der Waals surface area contributed by atoms with Gasteiger partial charge >= 0.3 is 0 Å². The van der Waals surface area contributed by atoms with Gasteiger partial charge in [0.1, 0.15) is 0 Å². The standard InChI is InChI=1S/C15H23N3O/c1-12-6-3-4-8-14(12)17-15(19)11-18-9-5-7-13(18)10-16-2/h3-4,6,8,13,16H,5,7,9-11H2,1-2H3,(H,17,19). The van der Waals surface area contributed by atoms with Gasteiger partial charge in [0.25, 0.3) is 0 Å². The van der Waals surface area contributed by atoms with Crippen LogP contribution in [0, 0.1) is 6.92 Å². The van der Waals surface area contributed by atoms with Crippen LogP contribution in [0.2, 0.25) is 0 Å². The molecule has 1 aliphatic heterocycles. The highest BCUT2D eigenvalue weighted by molar-refractivity contribution is 5.92. The number of nitrogens with one attached hydrogen (secondary N) is 2. The van der Waals surface area contributed by atoms with Crippen molar-refractivity contribution in [1.29, 1.82) is 0 Å². The normalized spacial score (nSPS) is 19.6. The SMILES string of the molecule is CNCC1CCCN1CC(=O)Nc1ccccc1C. The molecule has 0 bridgehead atoms. The Kier molecular flexibility index (Phi) is 4.93. The van der Waals surface area contributed by atoms with Gasteiger partial charge in [0, 0.05) is 18.3 Å². The van der Waals surface area contributed by atoms with Gasteiger partial charge in [-0.2, -0.15) is 0 Å². The molecule has 1 heterocycles. The largest absolute Gasteiger partial charge is 0.325 e. The number of benzene rings is 1. The minimum absolute atomic E-state index is 0.0808. The van der Waals surface area contributed by atoms with Crippen LogP contribution in [-0.2, 0) is 4.79 Å². The highest BCUT2D eigenvalue weighted by Gasteiger charge is 2.25. The number of hydrogen-bond acceptors (Lipinski definition) is 3. The minimum atomic E-state index is 0.0808. The number of rotatable bonds is 5. The number of aryl methyl sites for hydroxylation is 1. The van der Waals surface area contributed by atoms with Gasteiger partial charge in [0.2, 0.25) is 5.91 Å². The quantitative estimate of drug-likeness (QED) is 0.846. The van der Waals surface area contributed by atoms with Crippen molar-refractivity contribution in [3.63, 3.8) is 0 Å². The lowest BCUT2D eigenvalue weighted by atomic mass is 10.2. The van der Waals surface area contributed by atoms with Crippen LogP contribution in [0.4, 0.5) is 5.69 Å². The number of amides is 1. The predicted molar refractivity (Wildman–Crippen MR) is 78.3 cm³/mol. The summed E-state index contributed by atoms with van der Waals surface area (Å²) in [7, 11) is 1.96. The molecule has 2 rings (SSSR count). The second-order valence-corrected chi connectivity index (χ2v) is 5.19. The number of nitrogens with zero attached hydrogens (tertiary/aromatic N) is 1. The van der Waals surface area contributed by atoms with E-state index in [1.165, 1.54) is 12.8 Å². The van der Waals surface area contributed by atoms with Crippen LogP contribution in [-0.4, -0.2) is 43.5 Å². The Labute approximate surface area is 115 Å². The Morgan fingerprint density at radius 2 is 2.21 bits per heavy atom. The molecule has 0 spiro atoms. The number of carbonyl (C=O) groups excluding carboxylic acids is 1. The zero-order valence-electron chi connectivity index (χ0n) is 11.8. The Morgan fingerprint density at radius 3 is 2.95 bits per heavy atom. The molecule has 0 saturated carbocycles. The smallest absolute Gasteiger partial charge is 0.238 e. The second kappa shape index (κ2) is 6.68. The molecule has 0 aromatic heterocycles. The monoisotopic (exact) mass is 261 g/mol. The molecule has 1 unspecified atom stereocenters. The zero-order valence-corrected chi connectivity index (χ0v) is 11.8. The van der Waals surface area contributed by atoms with Crippen LogP contribution in [0.25, 0.3) is 0 Å². The molecule has 1 atom stereocenters. The third kappa shape index (κ3) is 3.78. The third-order valence-corrected chi connectivity index (χ3v) is 3.70. The fraction of sp³-hybridized carbons (Fsp3) is 0.533. The maximum atomic E-state index is 12.1. The second-order valence-electron chi connectivity index (χ2n) is 5.19. The first-order valence-electron chi connectivity index (χ1n) is 6.95. The van der Waals surface area contributed by atoms with Crippen molar-refractivity contribution in [2.24, 2.45) is 0 Å². The van der Waals surface area contributed by atoms with E-state index in [2.05, 4.69) is 15.5 Å². The van der Waals surface area contributed by atoms with Gasteiger partial charge in [-0.3, -0.25) is 9.69 Å². The summed E-state index contributed by atoms with van der Waals surface area (Å²) in [5.41, 5.74) is 2.01. The summed E-state index contributed by atoms with van der Waals surface area (Å²) >= 11 is 0. The fourth-order valence-electron chi connectivity index (χ4n) is 2.66. The van der Waals surface area contributed by atoms with Gasteiger partial charge in [-0.15, -0.1) is 0 Å². The van der Waals surface area contributed by atoms with Crippen LogP contribution in [0.15, 0.2) is 24.3 Å². The molecule has 4 nitrogen and oxygen atoms in total. The zero-order chi connectivity index (χ0) is 13.7. The molecule has 1 aromatic carbocycles. The van der Waals surface area contributed by atoms with Crippen molar-refractivity contribution >= 4 is 11.6 Å². The molecule has 0 aliphatic carbocycles. The number of anilines is 1. The van der Waals surface area contributed by atoms with Gasteiger partial charge in [-0.05, 0) is 45.0 Å². The summed E-state index contributed by atoms with van der Waals surface area (Å²) in [6, 6.07) is 8.38.